The first-order valence-corrected chi connectivity index (χ1v) is 8.55. The molecule has 4 rings (SSSR count). The van der Waals surface area contributed by atoms with Gasteiger partial charge in [-0.3, -0.25) is 4.79 Å². The van der Waals surface area contributed by atoms with Gasteiger partial charge in [-0.15, -0.1) is 0 Å². The summed E-state index contributed by atoms with van der Waals surface area (Å²) in [6.07, 6.45) is 0. The van der Waals surface area contributed by atoms with Gasteiger partial charge in [-0.25, -0.2) is 4.68 Å². The Hall–Kier alpha value is -3.46. The van der Waals surface area contributed by atoms with E-state index < -0.39 is 0 Å². The Bertz CT molecular complexity index is 1030. The van der Waals surface area contributed by atoms with Crippen LogP contribution in [-0.2, 0) is 0 Å². The highest BCUT2D eigenvalue weighted by Crippen LogP contribution is 2.24. The van der Waals surface area contributed by atoms with Crippen LogP contribution >= 0.6 is 0 Å². The van der Waals surface area contributed by atoms with Gasteiger partial charge >= 0.3 is 0 Å². The minimum Gasteiger partial charge on any atom is -0.287 e. The van der Waals surface area contributed by atoms with E-state index in [4.69, 9.17) is 5.10 Å². The molecule has 3 aromatic carbocycles. The van der Waals surface area contributed by atoms with Gasteiger partial charge in [0.25, 0.3) is 0 Å². The molecule has 1 aromatic heterocycles. The zero-order valence-corrected chi connectivity index (χ0v) is 14.5. The zero-order chi connectivity index (χ0) is 17.9. The Morgan fingerprint density at radius 1 is 0.808 bits per heavy atom. The van der Waals surface area contributed by atoms with Crippen molar-refractivity contribution in [1.82, 2.24) is 9.78 Å². The molecule has 0 N–H and O–H groups in total. The van der Waals surface area contributed by atoms with Crippen LogP contribution < -0.4 is 0 Å². The molecule has 0 atom stereocenters. The zero-order valence-electron chi connectivity index (χ0n) is 14.5. The van der Waals surface area contributed by atoms with Crippen LogP contribution in [0.15, 0.2) is 91.0 Å². The topological polar surface area (TPSA) is 34.9 Å². The smallest absolute Gasteiger partial charge is 0.211 e. The Balaban J connectivity index is 1.86. The summed E-state index contributed by atoms with van der Waals surface area (Å²) in [6.45, 7) is 2.05. The van der Waals surface area contributed by atoms with Gasteiger partial charge in [0.15, 0.2) is 0 Å². The van der Waals surface area contributed by atoms with Crippen LogP contribution in [-0.4, -0.2) is 15.6 Å². The van der Waals surface area contributed by atoms with Crippen molar-refractivity contribution in [3.63, 3.8) is 0 Å². The summed E-state index contributed by atoms with van der Waals surface area (Å²) in [5.74, 6) is -0.0414. The van der Waals surface area contributed by atoms with E-state index >= 15 is 0 Å². The highest BCUT2D eigenvalue weighted by Gasteiger charge is 2.18. The number of para-hydroxylation sites is 1. The number of carbonyl (C=O) groups excluding carboxylic acids is 1. The quantitative estimate of drug-likeness (QED) is 0.486. The second-order valence-electron chi connectivity index (χ2n) is 6.22. The molecule has 3 nitrogen and oxygen atoms in total. The summed E-state index contributed by atoms with van der Waals surface area (Å²) in [7, 11) is 0. The largest absolute Gasteiger partial charge is 0.287 e. The van der Waals surface area contributed by atoms with Crippen molar-refractivity contribution >= 4 is 5.78 Å². The lowest BCUT2D eigenvalue weighted by Gasteiger charge is -2.06. The van der Waals surface area contributed by atoms with Gasteiger partial charge < -0.3 is 0 Å². The first-order valence-electron chi connectivity index (χ1n) is 8.55. The van der Waals surface area contributed by atoms with Crippen molar-refractivity contribution in [2.75, 3.05) is 0 Å². The molecular formula is C23H18N2O. The van der Waals surface area contributed by atoms with Crippen molar-refractivity contribution < 1.29 is 4.79 Å². The van der Waals surface area contributed by atoms with Crippen molar-refractivity contribution in [1.29, 1.82) is 0 Å². The number of rotatable bonds is 4. The number of hydrogen-bond acceptors (Lipinski definition) is 2. The molecule has 4 aromatic rings. The van der Waals surface area contributed by atoms with Crippen LogP contribution in [0.2, 0.25) is 0 Å². The minimum atomic E-state index is -0.0414. The van der Waals surface area contributed by atoms with Crippen LogP contribution in [0.4, 0.5) is 0 Å². The maximum absolute atomic E-state index is 13.1. The van der Waals surface area contributed by atoms with Crippen molar-refractivity contribution in [2.24, 2.45) is 0 Å². The lowest BCUT2D eigenvalue weighted by Crippen LogP contribution is -2.09. The minimum absolute atomic E-state index is 0.0414. The fourth-order valence-electron chi connectivity index (χ4n) is 2.91. The lowest BCUT2D eigenvalue weighted by molar-refractivity contribution is 0.103. The van der Waals surface area contributed by atoms with Gasteiger partial charge in [-0.05, 0) is 25.1 Å². The van der Waals surface area contributed by atoms with Crippen molar-refractivity contribution in [3.8, 4) is 16.9 Å². The van der Waals surface area contributed by atoms with Crippen molar-refractivity contribution in [3.05, 3.63) is 108 Å². The fraction of sp³-hybridized carbons (Fsp3) is 0.0435. The standard InChI is InChI=1S/C23H18N2O/c1-17-12-14-18(15-13-17)21-16-22(23(26)19-8-4-2-5-9-19)25(24-21)20-10-6-3-7-11-20/h2-16H,1H3. The Kier molecular flexibility index (Phi) is 4.20. The molecule has 126 valence electrons. The van der Waals surface area contributed by atoms with E-state index in [0.717, 1.165) is 16.9 Å². The van der Waals surface area contributed by atoms with E-state index in [-0.39, 0.29) is 5.78 Å². The molecule has 0 aliphatic rings. The van der Waals surface area contributed by atoms with E-state index in [2.05, 4.69) is 19.1 Å². The number of ketones is 1. The van der Waals surface area contributed by atoms with E-state index in [1.54, 1.807) is 4.68 Å². The third kappa shape index (κ3) is 3.07. The molecule has 0 spiro atoms. The average molecular weight is 338 g/mol. The number of carbonyl (C=O) groups is 1. The Morgan fingerprint density at radius 2 is 1.42 bits per heavy atom. The fourth-order valence-corrected chi connectivity index (χ4v) is 2.91. The SMILES string of the molecule is Cc1ccc(-c2cc(C(=O)c3ccccc3)n(-c3ccccc3)n2)cc1. The van der Waals surface area contributed by atoms with E-state index in [1.165, 1.54) is 5.56 Å². The molecule has 0 radical (unpaired) electrons. The molecule has 0 fully saturated rings. The van der Waals surface area contributed by atoms with E-state index in [9.17, 15) is 4.79 Å². The normalized spacial score (nSPS) is 10.7. The summed E-state index contributed by atoms with van der Waals surface area (Å²) < 4.78 is 1.73. The lowest BCUT2D eigenvalue weighted by atomic mass is 10.1. The van der Waals surface area contributed by atoms with E-state index in [0.29, 0.717) is 11.3 Å². The van der Waals surface area contributed by atoms with Crippen LogP contribution in [0, 0.1) is 6.92 Å². The maximum atomic E-state index is 13.1. The predicted molar refractivity (Wildman–Crippen MR) is 104 cm³/mol. The van der Waals surface area contributed by atoms with Gasteiger partial charge in [-0.2, -0.15) is 5.10 Å². The van der Waals surface area contributed by atoms with Gasteiger partial charge in [0.1, 0.15) is 5.69 Å². The highest BCUT2D eigenvalue weighted by molar-refractivity contribution is 6.08. The molecule has 0 aliphatic carbocycles. The van der Waals surface area contributed by atoms with Gasteiger partial charge in [0, 0.05) is 11.1 Å². The molecule has 3 heteroatoms. The van der Waals surface area contributed by atoms with Crippen LogP contribution in [0.25, 0.3) is 16.9 Å². The van der Waals surface area contributed by atoms with Gasteiger partial charge in [0.2, 0.25) is 5.78 Å². The third-order valence-electron chi connectivity index (χ3n) is 4.33. The average Bonchev–Trinajstić information content (AvgIpc) is 3.15. The number of hydrogen-bond donors (Lipinski definition) is 0. The molecule has 0 saturated heterocycles. The van der Waals surface area contributed by atoms with Crippen LogP contribution in [0.1, 0.15) is 21.6 Å². The second-order valence-corrected chi connectivity index (χ2v) is 6.22. The molecule has 0 unspecified atom stereocenters. The van der Waals surface area contributed by atoms with E-state index in [1.807, 2.05) is 78.9 Å². The molecule has 26 heavy (non-hydrogen) atoms. The number of benzene rings is 3. The number of aryl methyl sites for hydroxylation is 1. The summed E-state index contributed by atoms with van der Waals surface area (Å²) in [5.41, 5.74) is 5.04. The molecule has 0 amide bonds. The first kappa shape index (κ1) is 16.0. The third-order valence-corrected chi connectivity index (χ3v) is 4.33. The summed E-state index contributed by atoms with van der Waals surface area (Å²) in [6, 6.07) is 29.1. The summed E-state index contributed by atoms with van der Waals surface area (Å²) in [4.78, 5) is 13.1. The predicted octanol–water partition coefficient (Wildman–Crippen LogP) is 5.08. The first-order chi connectivity index (χ1) is 12.7. The molecular weight excluding hydrogens is 320 g/mol. The maximum Gasteiger partial charge on any atom is 0.211 e. The van der Waals surface area contributed by atoms with Crippen molar-refractivity contribution in [2.45, 2.75) is 6.92 Å². The Labute approximate surface area is 152 Å². The van der Waals surface area contributed by atoms with Gasteiger partial charge in [0.05, 0.1) is 11.4 Å². The van der Waals surface area contributed by atoms with Crippen LogP contribution in [0.3, 0.4) is 0 Å². The van der Waals surface area contributed by atoms with Gasteiger partial charge in [-0.1, -0.05) is 78.4 Å². The second kappa shape index (κ2) is 6.81. The molecule has 0 saturated carbocycles. The number of aromatic nitrogens is 2. The monoisotopic (exact) mass is 338 g/mol. The number of nitrogens with zero attached hydrogens (tertiary/aromatic N) is 2. The molecule has 0 bridgehead atoms. The van der Waals surface area contributed by atoms with Crippen LogP contribution in [0.5, 0.6) is 0 Å². The summed E-state index contributed by atoms with van der Waals surface area (Å²) in [5, 5.41) is 4.72. The highest BCUT2D eigenvalue weighted by atomic mass is 16.1. The molecule has 0 aliphatic heterocycles. The summed E-state index contributed by atoms with van der Waals surface area (Å²) >= 11 is 0. The Morgan fingerprint density at radius 3 is 2.08 bits per heavy atom. The molecule has 1 heterocycles.